The molecule has 0 aliphatic carbocycles. The number of rotatable bonds is 5. The summed E-state index contributed by atoms with van der Waals surface area (Å²) in [6.07, 6.45) is 3.54. The molecule has 2 aromatic carbocycles. The van der Waals surface area contributed by atoms with E-state index in [4.69, 9.17) is 4.74 Å². The number of likely N-dealkylation sites (tertiary alicyclic amines) is 1. The lowest BCUT2D eigenvalue weighted by molar-refractivity contribution is 0.203. The Kier molecular flexibility index (Phi) is 5.70. The molecule has 0 saturated carbocycles. The number of halogens is 1. The van der Waals surface area contributed by atoms with Crippen LogP contribution in [0.25, 0.3) is 0 Å². The predicted octanol–water partition coefficient (Wildman–Crippen LogP) is 4.76. The SMILES string of the molecule is COc1ccc(Cn2c(C)cnc2C2CCCN2C(=O)Nc2ccccc2F)cc1. The third-order valence-electron chi connectivity index (χ3n) is 5.51. The first-order valence-electron chi connectivity index (χ1n) is 10.0. The number of hydrogen-bond acceptors (Lipinski definition) is 3. The van der Waals surface area contributed by atoms with Crippen molar-refractivity contribution in [3.63, 3.8) is 0 Å². The maximum absolute atomic E-state index is 14.0. The van der Waals surface area contributed by atoms with E-state index >= 15 is 0 Å². The quantitative estimate of drug-likeness (QED) is 0.662. The standard InChI is InChI=1S/C23H25FN4O2/c1-16-14-25-22(28(16)15-17-9-11-18(30-2)12-10-17)21-8-5-13-27(21)23(29)26-20-7-4-3-6-19(20)24/h3-4,6-7,9-12,14,21H,5,8,13,15H2,1-2H3,(H,26,29). The van der Waals surface area contributed by atoms with Crippen molar-refractivity contribution in [1.29, 1.82) is 0 Å². The Labute approximate surface area is 175 Å². The van der Waals surface area contributed by atoms with E-state index in [1.54, 1.807) is 30.2 Å². The van der Waals surface area contributed by atoms with Crippen molar-refractivity contribution < 1.29 is 13.9 Å². The summed E-state index contributed by atoms with van der Waals surface area (Å²) in [7, 11) is 1.65. The molecule has 1 fully saturated rings. The van der Waals surface area contributed by atoms with Gasteiger partial charge in [-0.1, -0.05) is 24.3 Å². The number of carbonyl (C=O) groups excluding carboxylic acids is 1. The Bertz CT molecular complexity index is 1030. The molecule has 0 spiro atoms. The van der Waals surface area contributed by atoms with Crippen molar-refractivity contribution in [2.45, 2.75) is 32.4 Å². The molecule has 3 aromatic rings. The fourth-order valence-electron chi connectivity index (χ4n) is 3.89. The number of amides is 2. The molecule has 7 heteroatoms. The van der Waals surface area contributed by atoms with Gasteiger partial charge in [0, 0.05) is 25.0 Å². The molecule has 1 aromatic heterocycles. The molecule has 1 aliphatic heterocycles. The summed E-state index contributed by atoms with van der Waals surface area (Å²) in [5.41, 5.74) is 2.34. The number of methoxy groups -OCH3 is 1. The highest BCUT2D eigenvalue weighted by atomic mass is 19.1. The topological polar surface area (TPSA) is 59.4 Å². The lowest BCUT2D eigenvalue weighted by atomic mass is 10.1. The molecule has 2 amide bonds. The minimum atomic E-state index is -0.446. The number of imidazole rings is 1. The number of ether oxygens (including phenoxy) is 1. The van der Waals surface area contributed by atoms with E-state index in [1.807, 2.05) is 37.4 Å². The molecule has 6 nitrogen and oxygen atoms in total. The van der Waals surface area contributed by atoms with Crippen LogP contribution >= 0.6 is 0 Å². The summed E-state index contributed by atoms with van der Waals surface area (Å²) < 4.78 is 21.3. The highest BCUT2D eigenvalue weighted by molar-refractivity contribution is 5.89. The van der Waals surface area contributed by atoms with Gasteiger partial charge in [0.05, 0.1) is 18.8 Å². The molecule has 30 heavy (non-hydrogen) atoms. The summed E-state index contributed by atoms with van der Waals surface area (Å²) in [6.45, 7) is 3.28. The predicted molar refractivity (Wildman–Crippen MR) is 113 cm³/mol. The normalized spacial score (nSPS) is 16.0. The van der Waals surface area contributed by atoms with E-state index in [-0.39, 0.29) is 17.8 Å². The van der Waals surface area contributed by atoms with Crippen LogP contribution in [0.3, 0.4) is 0 Å². The molecular weight excluding hydrogens is 383 g/mol. The van der Waals surface area contributed by atoms with E-state index in [0.29, 0.717) is 13.1 Å². The molecule has 0 bridgehead atoms. The first kappa shape index (κ1) is 19.9. The second kappa shape index (κ2) is 8.57. The zero-order valence-electron chi connectivity index (χ0n) is 17.1. The van der Waals surface area contributed by atoms with Gasteiger partial charge in [0.1, 0.15) is 17.4 Å². The van der Waals surface area contributed by atoms with E-state index in [0.717, 1.165) is 35.7 Å². The van der Waals surface area contributed by atoms with Crippen molar-refractivity contribution in [3.8, 4) is 5.75 Å². The van der Waals surface area contributed by atoms with Crippen LogP contribution in [0.5, 0.6) is 5.75 Å². The van der Waals surface area contributed by atoms with Crippen LogP contribution in [0.2, 0.25) is 0 Å². The Hall–Kier alpha value is -3.35. The van der Waals surface area contributed by atoms with E-state index in [2.05, 4.69) is 14.9 Å². The van der Waals surface area contributed by atoms with Gasteiger partial charge in [-0.3, -0.25) is 0 Å². The number of carbonyl (C=O) groups is 1. The van der Waals surface area contributed by atoms with Crippen molar-refractivity contribution in [3.05, 3.63) is 77.6 Å². The number of benzene rings is 2. The average Bonchev–Trinajstić information content (AvgIpc) is 3.37. The third-order valence-corrected chi connectivity index (χ3v) is 5.51. The van der Waals surface area contributed by atoms with Crippen molar-refractivity contribution in [1.82, 2.24) is 14.5 Å². The van der Waals surface area contributed by atoms with Crippen LogP contribution in [0.1, 0.15) is 36.0 Å². The molecule has 1 saturated heterocycles. The molecular formula is C23H25FN4O2. The van der Waals surface area contributed by atoms with E-state index in [9.17, 15) is 9.18 Å². The number of aromatic nitrogens is 2. The molecule has 1 atom stereocenters. The van der Waals surface area contributed by atoms with Gasteiger partial charge in [-0.05, 0) is 49.6 Å². The van der Waals surface area contributed by atoms with Crippen LogP contribution in [0, 0.1) is 12.7 Å². The summed E-state index contributed by atoms with van der Waals surface area (Å²) in [4.78, 5) is 19.3. The largest absolute Gasteiger partial charge is 0.497 e. The van der Waals surface area contributed by atoms with Gasteiger partial charge in [-0.25, -0.2) is 14.2 Å². The first-order valence-corrected chi connectivity index (χ1v) is 10.0. The Morgan fingerprint density at radius 3 is 2.73 bits per heavy atom. The monoisotopic (exact) mass is 408 g/mol. The minimum absolute atomic E-state index is 0.149. The number of para-hydroxylation sites is 1. The number of nitrogens with one attached hydrogen (secondary N) is 1. The third kappa shape index (κ3) is 4.01. The highest BCUT2D eigenvalue weighted by Gasteiger charge is 2.33. The number of hydrogen-bond donors (Lipinski definition) is 1. The summed E-state index contributed by atoms with van der Waals surface area (Å²) >= 11 is 0. The molecule has 2 heterocycles. The van der Waals surface area contributed by atoms with Gasteiger partial charge in [-0.2, -0.15) is 0 Å². The van der Waals surface area contributed by atoms with Gasteiger partial charge >= 0.3 is 6.03 Å². The van der Waals surface area contributed by atoms with E-state index in [1.165, 1.54) is 6.07 Å². The minimum Gasteiger partial charge on any atom is -0.497 e. The Morgan fingerprint density at radius 2 is 2.00 bits per heavy atom. The lowest BCUT2D eigenvalue weighted by Crippen LogP contribution is -2.35. The van der Waals surface area contributed by atoms with Gasteiger partial charge in [0.2, 0.25) is 0 Å². The summed E-state index contributed by atoms with van der Waals surface area (Å²) in [5.74, 6) is 1.22. The van der Waals surface area contributed by atoms with Gasteiger partial charge in [0.15, 0.2) is 0 Å². The summed E-state index contributed by atoms with van der Waals surface area (Å²) in [6, 6.07) is 13.7. The van der Waals surface area contributed by atoms with Crippen LogP contribution in [0.4, 0.5) is 14.9 Å². The van der Waals surface area contributed by atoms with Crippen LogP contribution in [0.15, 0.2) is 54.7 Å². The second-order valence-electron chi connectivity index (χ2n) is 7.45. The molecule has 0 radical (unpaired) electrons. The maximum Gasteiger partial charge on any atom is 0.322 e. The molecule has 1 N–H and O–H groups in total. The van der Waals surface area contributed by atoms with Crippen LogP contribution in [-0.2, 0) is 6.54 Å². The van der Waals surface area contributed by atoms with Gasteiger partial charge in [0.25, 0.3) is 0 Å². The number of anilines is 1. The molecule has 1 unspecified atom stereocenters. The van der Waals surface area contributed by atoms with Gasteiger partial charge in [-0.15, -0.1) is 0 Å². The van der Waals surface area contributed by atoms with Crippen molar-refractivity contribution in [2.24, 2.45) is 0 Å². The highest BCUT2D eigenvalue weighted by Crippen LogP contribution is 2.33. The summed E-state index contributed by atoms with van der Waals surface area (Å²) in [5, 5.41) is 2.70. The van der Waals surface area contributed by atoms with Crippen LogP contribution < -0.4 is 10.1 Å². The number of urea groups is 1. The zero-order chi connectivity index (χ0) is 21.1. The van der Waals surface area contributed by atoms with E-state index < -0.39 is 5.82 Å². The van der Waals surface area contributed by atoms with Crippen molar-refractivity contribution >= 4 is 11.7 Å². The van der Waals surface area contributed by atoms with Crippen LogP contribution in [-0.4, -0.2) is 34.1 Å². The fourth-order valence-corrected chi connectivity index (χ4v) is 3.89. The second-order valence-corrected chi connectivity index (χ2v) is 7.45. The number of nitrogens with zero attached hydrogens (tertiary/aromatic N) is 3. The number of aryl methyl sites for hydroxylation is 1. The first-order chi connectivity index (χ1) is 14.6. The molecule has 156 valence electrons. The Balaban J connectivity index is 1.55. The average molecular weight is 408 g/mol. The Morgan fingerprint density at radius 1 is 1.23 bits per heavy atom. The lowest BCUT2D eigenvalue weighted by Gasteiger charge is -2.26. The fraction of sp³-hybridized carbons (Fsp3) is 0.304. The molecule has 1 aliphatic rings. The maximum atomic E-state index is 14.0. The van der Waals surface area contributed by atoms with Crippen molar-refractivity contribution in [2.75, 3.05) is 19.0 Å². The van der Waals surface area contributed by atoms with Gasteiger partial charge < -0.3 is 19.5 Å². The smallest absolute Gasteiger partial charge is 0.322 e. The zero-order valence-corrected chi connectivity index (χ0v) is 17.1. The molecule has 4 rings (SSSR count).